The molecule has 0 aliphatic heterocycles. The molecule has 0 aromatic heterocycles. The first-order valence-electron chi connectivity index (χ1n) is 10.7. The lowest BCUT2D eigenvalue weighted by Gasteiger charge is -2.39. The van der Waals surface area contributed by atoms with Gasteiger partial charge >= 0.3 is 0 Å². The van der Waals surface area contributed by atoms with E-state index >= 15 is 0 Å². The van der Waals surface area contributed by atoms with Crippen molar-refractivity contribution in [3.8, 4) is 0 Å². The summed E-state index contributed by atoms with van der Waals surface area (Å²) in [6, 6.07) is 40.6. The Kier molecular flexibility index (Phi) is 6.46. The Hall–Kier alpha value is -3.52. The highest BCUT2D eigenvalue weighted by molar-refractivity contribution is 5.78. The summed E-state index contributed by atoms with van der Waals surface area (Å²) >= 11 is 0. The molecule has 0 aliphatic carbocycles. The molecule has 150 valence electrons. The van der Waals surface area contributed by atoms with Gasteiger partial charge in [0.25, 0.3) is 0 Å². The standard InChI is InChI=1S/C28H28N2/c1-2-3-15-24-16-13-14-23-28(24)30(27-21-11-6-12-22-27)29(25-17-7-4-8-18-25)26-19-9-5-10-20-26/h4-14,16-23H,2-3,15H2,1H3. The Labute approximate surface area is 180 Å². The van der Waals surface area contributed by atoms with Crippen molar-refractivity contribution < 1.29 is 0 Å². The van der Waals surface area contributed by atoms with Gasteiger partial charge in [-0.3, -0.25) is 0 Å². The van der Waals surface area contributed by atoms with Crippen LogP contribution in [-0.4, -0.2) is 0 Å². The summed E-state index contributed by atoms with van der Waals surface area (Å²) in [6.07, 6.45) is 3.42. The topological polar surface area (TPSA) is 6.48 Å². The van der Waals surface area contributed by atoms with Crippen molar-refractivity contribution in [3.05, 3.63) is 121 Å². The highest BCUT2D eigenvalue weighted by atomic mass is 15.6. The SMILES string of the molecule is CCCCc1ccccc1N(c1ccccc1)N(c1ccccc1)c1ccccc1. The molecular formula is C28H28N2. The number of aryl methyl sites for hydroxylation is 1. The second-order valence-corrected chi connectivity index (χ2v) is 7.36. The molecule has 4 aromatic rings. The smallest absolute Gasteiger partial charge is 0.0668 e. The van der Waals surface area contributed by atoms with Gasteiger partial charge in [0, 0.05) is 0 Å². The van der Waals surface area contributed by atoms with Crippen LogP contribution >= 0.6 is 0 Å². The van der Waals surface area contributed by atoms with E-state index in [1.54, 1.807) is 0 Å². The number of benzene rings is 4. The van der Waals surface area contributed by atoms with Crippen LogP contribution in [0.1, 0.15) is 25.3 Å². The average Bonchev–Trinajstić information content (AvgIpc) is 2.83. The zero-order valence-corrected chi connectivity index (χ0v) is 17.5. The summed E-state index contributed by atoms with van der Waals surface area (Å²) in [6.45, 7) is 2.25. The van der Waals surface area contributed by atoms with E-state index in [4.69, 9.17) is 0 Å². The van der Waals surface area contributed by atoms with E-state index in [9.17, 15) is 0 Å². The third-order valence-electron chi connectivity index (χ3n) is 5.22. The van der Waals surface area contributed by atoms with Crippen molar-refractivity contribution in [1.82, 2.24) is 0 Å². The van der Waals surface area contributed by atoms with Crippen molar-refractivity contribution in [3.63, 3.8) is 0 Å². The Morgan fingerprint density at radius 2 is 0.933 bits per heavy atom. The maximum atomic E-state index is 2.34. The minimum Gasteiger partial charge on any atom is -0.249 e. The molecule has 0 spiro atoms. The summed E-state index contributed by atoms with van der Waals surface area (Å²) in [5.41, 5.74) is 5.95. The normalized spacial score (nSPS) is 10.6. The summed E-state index contributed by atoms with van der Waals surface area (Å²) in [7, 11) is 0. The number of anilines is 4. The molecule has 0 atom stereocenters. The summed E-state index contributed by atoms with van der Waals surface area (Å²) in [4.78, 5) is 0. The second-order valence-electron chi connectivity index (χ2n) is 7.36. The van der Waals surface area contributed by atoms with Gasteiger partial charge in [0.15, 0.2) is 0 Å². The minimum atomic E-state index is 1.06. The molecule has 0 saturated carbocycles. The van der Waals surface area contributed by atoms with Gasteiger partial charge in [-0.1, -0.05) is 86.1 Å². The Balaban J connectivity index is 1.93. The predicted molar refractivity (Wildman–Crippen MR) is 129 cm³/mol. The molecule has 4 rings (SSSR count). The van der Waals surface area contributed by atoms with Crippen molar-refractivity contribution in [1.29, 1.82) is 0 Å². The van der Waals surface area contributed by atoms with Crippen LogP contribution in [0.2, 0.25) is 0 Å². The maximum absolute atomic E-state index is 2.34. The molecular weight excluding hydrogens is 364 g/mol. The van der Waals surface area contributed by atoms with E-state index in [-0.39, 0.29) is 0 Å². The van der Waals surface area contributed by atoms with Crippen molar-refractivity contribution >= 4 is 22.7 Å². The first-order valence-corrected chi connectivity index (χ1v) is 10.7. The molecule has 0 amide bonds. The Morgan fingerprint density at radius 3 is 1.43 bits per heavy atom. The molecule has 0 fully saturated rings. The molecule has 0 N–H and O–H groups in total. The molecule has 0 unspecified atom stereocenters. The average molecular weight is 393 g/mol. The summed E-state index contributed by atoms with van der Waals surface area (Å²) in [5, 5.41) is 4.65. The van der Waals surface area contributed by atoms with E-state index < -0.39 is 0 Å². The first-order chi connectivity index (χ1) is 14.9. The van der Waals surface area contributed by atoms with Crippen molar-refractivity contribution in [2.45, 2.75) is 26.2 Å². The number of rotatable bonds is 8. The lowest BCUT2D eigenvalue weighted by Crippen LogP contribution is -2.36. The monoisotopic (exact) mass is 392 g/mol. The summed E-state index contributed by atoms with van der Waals surface area (Å²) in [5.74, 6) is 0. The number of hydrazine groups is 1. The lowest BCUT2D eigenvalue weighted by molar-refractivity contribution is 0.791. The molecule has 2 nitrogen and oxygen atoms in total. The number of unbranched alkanes of at least 4 members (excludes halogenated alkanes) is 1. The van der Waals surface area contributed by atoms with Crippen LogP contribution in [0.4, 0.5) is 22.7 Å². The van der Waals surface area contributed by atoms with E-state index in [1.807, 2.05) is 0 Å². The van der Waals surface area contributed by atoms with E-state index in [1.165, 1.54) is 24.1 Å². The zero-order valence-electron chi connectivity index (χ0n) is 17.5. The fourth-order valence-electron chi connectivity index (χ4n) is 3.75. The Morgan fingerprint density at radius 1 is 0.500 bits per heavy atom. The molecule has 30 heavy (non-hydrogen) atoms. The van der Waals surface area contributed by atoms with Gasteiger partial charge in [0.2, 0.25) is 0 Å². The first kappa shape index (κ1) is 19.8. The summed E-state index contributed by atoms with van der Waals surface area (Å²) < 4.78 is 0. The molecule has 4 aromatic carbocycles. The maximum Gasteiger partial charge on any atom is 0.0668 e. The quantitative estimate of drug-likeness (QED) is 0.281. The number of hydrogen-bond acceptors (Lipinski definition) is 2. The van der Waals surface area contributed by atoms with Gasteiger partial charge in [-0.25, -0.2) is 10.0 Å². The minimum absolute atomic E-state index is 1.06. The molecule has 0 saturated heterocycles. The van der Waals surface area contributed by atoms with Crippen LogP contribution in [0, 0.1) is 0 Å². The lowest BCUT2D eigenvalue weighted by atomic mass is 10.1. The van der Waals surface area contributed by atoms with E-state index in [0.717, 1.165) is 23.5 Å². The highest BCUT2D eigenvalue weighted by Gasteiger charge is 2.22. The molecule has 0 heterocycles. The third-order valence-corrected chi connectivity index (χ3v) is 5.22. The second kappa shape index (κ2) is 9.80. The molecule has 0 bridgehead atoms. The van der Waals surface area contributed by atoms with Crippen LogP contribution < -0.4 is 10.0 Å². The third kappa shape index (κ3) is 4.38. The molecule has 0 aliphatic rings. The van der Waals surface area contributed by atoms with Gasteiger partial charge in [-0.15, -0.1) is 0 Å². The van der Waals surface area contributed by atoms with Crippen LogP contribution in [0.5, 0.6) is 0 Å². The fraction of sp³-hybridized carbons (Fsp3) is 0.143. The predicted octanol–water partition coefficient (Wildman–Crippen LogP) is 7.92. The van der Waals surface area contributed by atoms with Gasteiger partial charge in [-0.2, -0.15) is 0 Å². The van der Waals surface area contributed by atoms with Crippen molar-refractivity contribution in [2.24, 2.45) is 0 Å². The van der Waals surface area contributed by atoms with Crippen LogP contribution in [0.3, 0.4) is 0 Å². The van der Waals surface area contributed by atoms with Crippen LogP contribution in [-0.2, 0) is 6.42 Å². The van der Waals surface area contributed by atoms with Gasteiger partial charge < -0.3 is 0 Å². The zero-order chi connectivity index (χ0) is 20.6. The van der Waals surface area contributed by atoms with Gasteiger partial charge in [0.05, 0.1) is 22.7 Å². The van der Waals surface area contributed by atoms with Crippen LogP contribution in [0.25, 0.3) is 0 Å². The van der Waals surface area contributed by atoms with E-state index in [2.05, 4.69) is 132 Å². The highest BCUT2D eigenvalue weighted by Crippen LogP contribution is 2.38. The van der Waals surface area contributed by atoms with Gasteiger partial charge in [-0.05, 0) is 60.9 Å². The largest absolute Gasteiger partial charge is 0.249 e. The Bertz CT molecular complexity index is 990. The number of hydrogen-bond donors (Lipinski definition) is 0. The molecule has 2 heteroatoms. The number of nitrogens with zero attached hydrogens (tertiary/aromatic N) is 2. The fourth-order valence-corrected chi connectivity index (χ4v) is 3.75. The van der Waals surface area contributed by atoms with Gasteiger partial charge in [0.1, 0.15) is 0 Å². The number of para-hydroxylation sites is 4. The van der Waals surface area contributed by atoms with E-state index in [0.29, 0.717) is 0 Å². The van der Waals surface area contributed by atoms with Crippen molar-refractivity contribution in [2.75, 3.05) is 10.0 Å². The molecule has 0 radical (unpaired) electrons. The van der Waals surface area contributed by atoms with Crippen LogP contribution in [0.15, 0.2) is 115 Å².